The molecule has 0 N–H and O–H groups in total. The second-order valence-corrected chi connectivity index (χ2v) is 9.37. The zero-order chi connectivity index (χ0) is 19.7. The van der Waals surface area contributed by atoms with Crippen molar-refractivity contribution in [3.63, 3.8) is 0 Å². The molecule has 2 aromatic heterocycles. The fraction of sp³-hybridized carbons (Fsp3) is 0.450. The second kappa shape index (κ2) is 8.04. The van der Waals surface area contributed by atoms with Crippen molar-refractivity contribution in [2.24, 2.45) is 0 Å². The lowest BCUT2D eigenvalue weighted by Gasteiger charge is -2.20. The topological polar surface area (TPSA) is 49.3 Å². The Bertz CT molecular complexity index is 974. The first-order chi connectivity index (χ1) is 12.8. The number of fused-ring (bicyclic) bond motifs is 1. The van der Waals surface area contributed by atoms with Crippen LogP contribution < -0.4 is 4.90 Å². The highest BCUT2D eigenvalue weighted by Gasteiger charge is 2.25. The molecule has 0 aliphatic heterocycles. The van der Waals surface area contributed by atoms with Gasteiger partial charge >= 0.3 is 0 Å². The fourth-order valence-corrected chi connectivity index (χ4v) is 5.07. The molecule has 0 unspecified atom stereocenters. The molecule has 3 aromatic rings. The summed E-state index contributed by atoms with van der Waals surface area (Å²) in [4.78, 5) is 27.3. The van der Waals surface area contributed by atoms with E-state index in [2.05, 4.69) is 35.9 Å². The number of anilines is 1. The van der Waals surface area contributed by atoms with Crippen LogP contribution in [0.15, 0.2) is 12.1 Å². The second-order valence-electron chi connectivity index (χ2n) is 7.19. The van der Waals surface area contributed by atoms with E-state index in [1.54, 1.807) is 11.3 Å². The highest BCUT2D eigenvalue weighted by Crippen LogP contribution is 2.33. The summed E-state index contributed by atoms with van der Waals surface area (Å²) < 4.78 is 1.15. The van der Waals surface area contributed by atoms with Crippen LogP contribution in [0.25, 0.3) is 10.2 Å². The SMILES string of the molecule is Cc1cc(C)c2sc(N(CCCN(C)C)C(=O)c3sc(C)nc3C)nc2c1. The Balaban J connectivity index is 2.00. The Morgan fingerprint density at radius 2 is 1.78 bits per heavy atom. The summed E-state index contributed by atoms with van der Waals surface area (Å²) in [5.41, 5.74) is 4.17. The van der Waals surface area contributed by atoms with E-state index in [9.17, 15) is 4.79 Å². The first-order valence-corrected chi connectivity index (χ1v) is 10.7. The van der Waals surface area contributed by atoms with Gasteiger partial charge in [-0.25, -0.2) is 9.97 Å². The van der Waals surface area contributed by atoms with Crippen molar-refractivity contribution >= 4 is 43.9 Å². The molecular weight excluding hydrogens is 376 g/mol. The van der Waals surface area contributed by atoms with Crippen LogP contribution in [-0.2, 0) is 0 Å². The van der Waals surface area contributed by atoms with Gasteiger partial charge in [0.05, 0.1) is 20.9 Å². The third-order valence-corrected chi connectivity index (χ3v) is 6.66. The molecule has 1 amide bonds. The van der Waals surface area contributed by atoms with Crippen LogP contribution in [-0.4, -0.2) is 48.0 Å². The van der Waals surface area contributed by atoms with Crippen LogP contribution >= 0.6 is 22.7 Å². The van der Waals surface area contributed by atoms with Crippen LogP contribution in [0, 0.1) is 27.7 Å². The van der Waals surface area contributed by atoms with Gasteiger partial charge in [-0.2, -0.15) is 0 Å². The summed E-state index contributed by atoms with van der Waals surface area (Å²) in [6.45, 7) is 9.59. The van der Waals surface area contributed by atoms with Crippen LogP contribution in [0.3, 0.4) is 0 Å². The highest BCUT2D eigenvalue weighted by atomic mass is 32.1. The summed E-state index contributed by atoms with van der Waals surface area (Å²) >= 11 is 3.06. The Labute approximate surface area is 168 Å². The maximum atomic E-state index is 13.3. The van der Waals surface area contributed by atoms with Crippen molar-refractivity contribution in [2.75, 3.05) is 32.1 Å². The number of hydrogen-bond acceptors (Lipinski definition) is 6. The van der Waals surface area contributed by atoms with Gasteiger partial charge < -0.3 is 4.90 Å². The van der Waals surface area contributed by atoms with E-state index in [1.165, 1.54) is 22.5 Å². The molecule has 27 heavy (non-hydrogen) atoms. The number of nitrogens with zero attached hydrogens (tertiary/aromatic N) is 4. The lowest BCUT2D eigenvalue weighted by molar-refractivity contribution is 0.0989. The minimum absolute atomic E-state index is 0.00490. The smallest absolute Gasteiger partial charge is 0.272 e. The summed E-state index contributed by atoms with van der Waals surface area (Å²) in [5.74, 6) is 0.00490. The molecule has 0 aliphatic rings. The van der Waals surface area contributed by atoms with Gasteiger partial charge in [0.15, 0.2) is 5.13 Å². The molecule has 0 bridgehead atoms. The predicted molar refractivity (Wildman–Crippen MR) is 116 cm³/mol. The number of aromatic nitrogens is 2. The summed E-state index contributed by atoms with van der Waals surface area (Å²) in [6, 6.07) is 4.26. The van der Waals surface area contributed by atoms with Gasteiger partial charge in [0, 0.05) is 6.54 Å². The zero-order valence-corrected chi connectivity index (χ0v) is 18.4. The number of rotatable bonds is 6. The Kier molecular flexibility index (Phi) is 5.93. The molecule has 0 saturated heterocycles. The predicted octanol–water partition coefficient (Wildman–Crippen LogP) is 4.58. The molecule has 1 aromatic carbocycles. The lowest BCUT2D eigenvalue weighted by Crippen LogP contribution is -2.33. The normalized spacial score (nSPS) is 11.5. The van der Waals surface area contributed by atoms with Crippen molar-refractivity contribution < 1.29 is 4.79 Å². The average Bonchev–Trinajstić information content (AvgIpc) is 3.13. The number of aryl methyl sites for hydroxylation is 4. The standard InChI is InChI=1S/C20H26N4OS2/c1-12-10-13(2)17-16(11-12)22-20(27-17)24(9-7-8-23(5)6)19(25)18-14(3)21-15(4)26-18/h10-11H,7-9H2,1-6H3. The number of carbonyl (C=O) groups is 1. The molecular formula is C20H26N4OS2. The summed E-state index contributed by atoms with van der Waals surface area (Å²) in [5, 5.41) is 1.69. The minimum Gasteiger partial charge on any atom is -0.309 e. The van der Waals surface area contributed by atoms with Gasteiger partial charge in [-0.15, -0.1) is 11.3 Å². The van der Waals surface area contributed by atoms with Gasteiger partial charge in [-0.05, 0) is 71.9 Å². The van der Waals surface area contributed by atoms with Crippen LogP contribution in [0.1, 0.15) is 37.9 Å². The summed E-state index contributed by atoms with van der Waals surface area (Å²) in [7, 11) is 4.10. The van der Waals surface area contributed by atoms with E-state index < -0.39 is 0 Å². The van der Waals surface area contributed by atoms with E-state index in [-0.39, 0.29) is 5.91 Å². The largest absolute Gasteiger partial charge is 0.309 e. The maximum absolute atomic E-state index is 13.3. The molecule has 0 saturated carbocycles. The van der Waals surface area contributed by atoms with Crippen molar-refractivity contribution in [3.8, 4) is 0 Å². The van der Waals surface area contributed by atoms with Crippen molar-refractivity contribution in [3.05, 3.63) is 38.8 Å². The van der Waals surface area contributed by atoms with Crippen LogP contribution in [0.5, 0.6) is 0 Å². The van der Waals surface area contributed by atoms with Crippen molar-refractivity contribution in [1.82, 2.24) is 14.9 Å². The Hall–Kier alpha value is -1.83. The maximum Gasteiger partial charge on any atom is 0.272 e. The van der Waals surface area contributed by atoms with Crippen LogP contribution in [0.4, 0.5) is 5.13 Å². The highest BCUT2D eigenvalue weighted by molar-refractivity contribution is 7.22. The third kappa shape index (κ3) is 4.36. The number of carbonyl (C=O) groups excluding carboxylic acids is 1. The molecule has 0 fully saturated rings. The van der Waals surface area contributed by atoms with E-state index in [0.717, 1.165) is 39.0 Å². The van der Waals surface area contributed by atoms with Crippen LogP contribution in [0.2, 0.25) is 0 Å². The average molecular weight is 403 g/mol. The molecule has 144 valence electrons. The number of hydrogen-bond donors (Lipinski definition) is 0. The molecule has 0 spiro atoms. The monoisotopic (exact) mass is 402 g/mol. The number of amides is 1. The van der Waals surface area contributed by atoms with E-state index in [1.807, 2.05) is 32.8 Å². The minimum atomic E-state index is 0.00490. The lowest BCUT2D eigenvalue weighted by atomic mass is 10.1. The molecule has 0 radical (unpaired) electrons. The van der Waals surface area contributed by atoms with E-state index in [0.29, 0.717) is 11.4 Å². The first kappa shape index (κ1) is 19.9. The first-order valence-electron chi connectivity index (χ1n) is 9.04. The van der Waals surface area contributed by atoms with Crippen molar-refractivity contribution in [1.29, 1.82) is 0 Å². The number of benzene rings is 1. The molecule has 2 heterocycles. The van der Waals surface area contributed by atoms with Gasteiger partial charge in [0.2, 0.25) is 0 Å². The van der Waals surface area contributed by atoms with Gasteiger partial charge in [0.1, 0.15) is 4.88 Å². The summed E-state index contributed by atoms with van der Waals surface area (Å²) in [6.07, 6.45) is 0.892. The molecule has 7 heteroatoms. The molecule has 5 nitrogen and oxygen atoms in total. The van der Waals surface area contributed by atoms with E-state index >= 15 is 0 Å². The molecule has 3 rings (SSSR count). The molecule has 0 atom stereocenters. The molecule has 0 aliphatic carbocycles. The van der Waals surface area contributed by atoms with Gasteiger partial charge in [-0.1, -0.05) is 17.4 Å². The van der Waals surface area contributed by atoms with Crippen molar-refractivity contribution in [2.45, 2.75) is 34.1 Å². The van der Waals surface area contributed by atoms with E-state index in [4.69, 9.17) is 4.98 Å². The van der Waals surface area contributed by atoms with Gasteiger partial charge in [-0.3, -0.25) is 9.69 Å². The Morgan fingerprint density at radius 3 is 2.41 bits per heavy atom. The quantitative estimate of drug-likeness (QED) is 0.605. The number of thiazole rings is 2. The van der Waals surface area contributed by atoms with Gasteiger partial charge in [0.25, 0.3) is 5.91 Å². The fourth-order valence-electron chi connectivity index (χ4n) is 3.16. The Morgan fingerprint density at radius 1 is 1.04 bits per heavy atom. The third-order valence-electron chi connectivity index (χ3n) is 4.37. The zero-order valence-electron chi connectivity index (χ0n) is 16.8.